The van der Waals surface area contributed by atoms with E-state index >= 15 is 0 Å². The highest BCUT2D eigenvalue weighted by Crippen LogP contribution is 2.45. The molecule has 5 heteroatoms. The van der Waals surface area contributed by atoms with Crippen LogP contribution in [0.25, 0.3) is 0 Å². The predicted molar refractivity (Wildman–Crippen MR) is 137 cm³/mol. The molecule has 34 heavy (non-hydrogen) atoms. The van der Waals surface area contributed by atoms with E-state index in [2.05, 4.69) is 70.5 Å². The fraction of sp³-hybridized carbons (Fsp3) is 0.379. The van der Waals surface area contributed by atoms with Crippen molar-refractivity contribution in [3.8, 4) is 17.2 Å². The van der Waals surface area contributed by atoms with Gasteiger partial charge in [-0.05, 0) is 104 Å². The number of aryl methyl sites for hydroxylation is 1. The molecule has 0 saturated carbocycles. The van der Waals surface area contributed by atoms with E-state index in [1.807, 2.05) is 6.07 Å². The van der Waals surface area contributed by atoms with Crippen molar-refractivity contribution < 1.29 is 14.2 Å². The lowest BCUT2D eigenvalue weighted by atomic mass is 9.90. The molecule has 1 unspecified atom stereocenters. The molecule has 0 radical (unpaired) electrons. The average Bonchev–Trinajstić information content (AvgIpc) is 3.42. The zero-order valence-corrected chi connectivity index (χ0v) is 20.2. The van der Waals surface area contributed by atoms with E-state index in [-0.39, 0.29) is 6.04 Å². The van der Waals surface area contributed by atoms with Crippen LogP contribution in [0.3, 0.4) is 0 Å². The van der Waals surface area contributed by atoms with Gasteiger partial charge in [0.2, 0.25) is 0 Å². The van der Waals surface area contributed by atoms with E-state index in [1.54, 1.807) is 14.2 Å². The van der Waals surface area contributed by atoms with Crippen molar-refractivity contribution in [3.63, 3.8) is 0 Å². The van der Waals surface area contributed by atoms with Crippen LogP contribution in [0.4, 0.5) is 11.4 Å². The molecule has 0 amide bonds. The molecule has 0 aliphatic carbocycles. The molecular formula is C29H34N2O3. The number of ether oxygens (including phenoxy) is 3. The molecule has 2 aliphatic rings. The third-order valence-electron chi connectivity index (χ3n) is 7.01. The first-order valence-electron chi connectivity index (χ1n) is 12.3. The third-order valence-corrected chi connectivity index (χ3v) is 7.01. The molecule has 2 heterocycles. The van der Waals surface area contributed by atoms with Crippen LogP contribution in [0.15, 0.2) is 66.7 Å². The maximum Gasteiger partial charge on any atom is 0.119 e. The van der Waals surface area contributed by atoms with Gasteiger partial charge in [0.05, 0.1) is 20.3 Å². The molecule has 3 aromatic carbocycles. The maximum absolute atomic E-state index is 6.06. The van der Waals surface area contributed by atoms with Gasteiger partial charge in [0, 0.05) is 17.9 Å². The topological polar surface area (TPSA) is 34.2 Å². The summed E-state index contributed by atoms with van der Waals surface area (Å²) < 4.78 is 17.1. The van der Waals surface area contributed by atoms with Crippen molar-refractivity contribution in [1.29, 1.82) is 0 Å². The lowest BCUT2D eigenvalue weighted by molar-refractivity contribution is 0.238. The zero-order valence-electron chi connectivity index (χ0n) is 20.2. The standard InChI is InChI=1S/C29H34N2O3/c1-32-26-7-5-6-22(20-26)28-14-8-23-21-27(33-2)13-15-29(23)31(28)24-9-11-25(12-10-24)34-19-18-30-16-3-4-17-30/h5-7,9-13,15,20-21,28H,3-4,8,14,16-19H2,1-2H3. The molecule has 0 N–H and O–H groups in total. The highest BCUT2D eigenvalue weighted by Gasteiger charge is 2.29. The van der Waals surface area contributed by atoms with E-state index in [0.717, 1.165) is 48.9 Å². The van der Waals surface area contributed by atoms with Crippen molar-refractivity contribution in [2.45, 2.75) is 31.7 Å². The fourth-order valence-electron chi connectivity index (χ4n) is 5.20. The first kappa shape index (κ1) is 22.6. The molecule has 0 bridgehead atoms. The largest absolute Gasteiger partial charge is 0.497 e. The molecule has 2 aliphatic heterocycles. The number of fused-ring (bicyclic) bond motifs is 1. The predicted octanol–water partition coefficient (Wildman–Crippen LogP) is 6.00. The number of likely N-dealkylation sites (tertiary alicyclic amines) is 1. The molecule has 178 valence electrons. The molecule has 1 atom stereocenters. The first-order valence-corrected chi connectivity index (χ1v) is 12.3. The summed E-state index contributed by atoms with van der Waals surface area (Å²) in [7, 11) is 3.45. The number of methoxy groups -OCH3 is 2. The average molecular weight is 459 g/mol. The van der Waals surface area contributed by atoms with Crippen LogP contribution in [-0.2, 0) is 6.42 Å². The highest BCUT2D eigenvalue weighted by atomic mass is 16.5. The van der Waals surface area contributed by atoms with Gasteiger partial charge in [0.15, 0.2) is 0 Å². The number of hydrogen-bond acceptors (Lipinski definition) is 5. The summed E-state index contributed by atoms with van der Waals surface area (Å²) >= 11 is 0. The minimum Gasteiger partial charge on any atom is -0.497 e. The maximum atomic E-state index is 6.06. The summed E-state index contributed by atoms with van der Waals surface area (Å²) in [5.74, 6) is 2.72. The van der Waals surface area contributed by atoms with E-state index in [0.29, 0.717) is 0 Å². The summed E-state index contributed by atoms with van der Waals surface area (Å²) in [5, 5.41) is 0. The van der Waals surface area contributed by atoms with Gasteiger partial charge < -0.3 is 19.1 Å². The number of benzene rings is 3. The second kappa shape index (κ2) is 10.4. The summed E-state index contributed by atoms with van der Waals surface area (Å²) in [6, 6.07) is 23.6. The molecule has 0 spiro atoms. The van der Waals surface area contributed by atoms with Crippen LogP contribution in [0.1, 0.15) is 36.4 Å². The van der Waals surface area contributed by atoms with E-state index in [4.69, 9.17) is 14.2 Å². The number of rotatable bonds is 8. The zero-order chi connectivity index (χ0) is 23.3. The van der Waals surface area contributed by atoms with Gasteiger partial charge in [-0.2, -0.15) is 0 Å². The SMILES string of the molecule is COc1cccc(C2CCc3cc(OC)ccc3N2c2ccc(OCCN3CCCC3)cc2)c1. The first-order chi connectivity index (χ1) is 16.7. The fourth-order valence-corrected chi connectivity index (χ4v) is 5.20. The van der Waals surface area contributed by atoms with Gasteiger partial charge >= 0.3 is 0 Å². The molecule has 1 saturated heterocycles. The van der Waals surface area contributed by atoms with Crippen LogP contribution >= 0.6 is 0 Å². The molecular weight excluding hydrogens is 424 g/mol. The Morgan fingerprint density at radius 2 is 1.56 bits per heavy atom. The Labute approximate surface area is 202 Å². The van der Waals surface area contributed by atoms with Crippen LogP contribution in [0.5, 0.6) is 17.2 Å². The number of nitrogens with zero attached hydrogens (tertiary/aromatic N) is 2. The summed E-state index contributed by atoms with van der Waals surface area (Å²) in [6.07, 6.45) is 4.64. The normalized spacial score (nSPS) is 17.9. The smallest absolute Gasteiger partial charge is 0.119 e. The Bertz CT molecular complexity index is 1090. The van der Waals surface area contributed by atoms with Crippen molar-refractivity contribution in [2.24, 2.45) is 0 Å². The van der Waals surface area contributed by atoms with Crippen LogP contribution in [0.2, 0.25) is 0 Å². The third kappa shape index (κ3) is 4.85. The molecule has 1 fully saturated rings. The monoisotopic (exact) mass is 458 g/mol. The Hall–Kier alpha value is -3.18. The number of hydrogen-bond donors (Lipinski definition) is 0. The Morgan fingerprint density at radius 3 is 2.32 bits per heavy atom. The Balaban J connectivity index is 1.41. The van der Waals surface area contributed by atoms with Crippen molar-refractivity contribution in [2.75, 3.05) is 45.4 Å². The van der Waals surface area contributed by atoms with Gasteiger partial charge in [-0.1, -0.05) is 12.1 Å². The summed E-state index contributed by atoms with van der Waals surface area (Å²) in [6.45, 7) is 4.14. The van der Waals surface area contributed by atoms with Gasteiger partial charge in [-0.15, -0.1) is 0 Å². The van der Waals surface area contributed by atoms with Gasteiger partial charge in [0.1, 0.15) is 23.9 Å². The summed E-state index contributed by atoms with van der Waals surface area (Å²) in [5.41, 5.74) is 4.95. The Kier molecular flexibility index (Phi) is 6.91. The van der Waals surface area contributed by atoms with Gasteiger partial charge in [-0.3, -0.25) is 4.90 Å². The van der Waals surface area contributed by atoms with Crippen LogP contribution in [-0.4, -0.2) is 45.4 Å². The van der Waals surface area contributed by atoms with Crippen molar-refractivity contribution in [3.05, 3.63) is 77.9 Å². The van der Waals surface area contributed by atoms with Crippen LogP contribution < -0.4 is 19.1 Å². The van der Waals surface area contributed by atoms with E-state index in [1.165, 1.54) is 42.7 Å². The molecule has 5 rings (SSSR count). The van der Waals surface area contributed by atoms with Gasteiger partial charge in [-0.25, -0.2) is 0 Å². The lowest BCUT2D eigenvalue weighted by Gasteiger charge is -2.39. The molecule has 0 aromatic heterocycles. The molecule has 3 aromatic rings. The van der Waals surface area contributed by atoms with Crippen LogP contribution in [0, 0.1) is 0 Å². The second-order valence-electron chi connectivity index (χ2n) is 9.09. The quantitative estimate of drug-likeness (QED) is 0.413. The van der Waals surface area contributed by atoms with E-state index < -0.39 is 0 Å². The van der Waals surface area contributed by atoms with E-state index in [9.17, 15) is 0 Å². The lowest BCUT2D eigenvalue weighted by Crippen LogP contribution is -2.29. The van der Waals surface area contributed by atoms with Crippen molar-refractivity contribution in [1.82, 2.24) is 4.90 Å². The van der Waals surface area contributed by atoms with Crippen molar-refractivity contribution >= 4 is 11.4 Å². The van der Waals surface area contributed by atoms with Gasteiger partial charge in [0.25, 0.3) is 0 Å². The Morgan fingerprint density at radius 1 is 0.824 bits per heavy atom. The minimum absolute atomic E-state index is 0.220. The minimum atomic E-state index is 0.220. The summed E-state index contributed by atoms with van der Waals surface area (Å²) in [4.78, 5) is 4.92. The number of anilines is 2. The second-order valence-corrected chi connectivity index (χ2v) is 9.09. The highest BCUT2D eigenvalue weighted by molar-refractivity contribution is 5.71. The molecule has 5 nitrogen and oxygen atoms in total.